The number of carboxylic acid groups (broad SMARTS) is 1. The monoisotopic (exact) mass is 588 g/mol. The lowest BCUT2D eigenvalue weighted by Gasteiger charge is -2.40. The smallest absolute Gasteiger partial charge is 0.308 e. The Hall–Kier alpha value is -4.01. The normalized spacial score (nSPS) is 23.7. The molecule has 13 nitrogen and oxygen atoms in total. The van der Waals surface area contributed by atoms with Crippen LogP contribution >= 0.6 is 0 Å². The van der Waals surface area contributed by atoms with Crippen LogP contribution in [0.5, 0.6) is 11.5 Å². The Balaban J connectivity index is 1.60. The van der Waals surface area contributed by atoms with E-state index in [1.165, 1.54) is 13.0 Å². The Morgan fingerprint density at radius 1 is 1.00 bits per heavy atom. The summed E-state index contributed by atoms with van der Waals surface area (Å²) in [5, 5.41) is 61.2. The van der Waals surface area contributed by atoms with Gasteiger partial charge in [-0.2, -0.15) is 0 Å². The van der Waals surface area contributed by atoms with Gasteiger partial charge in [0.25, 0.3) is 0 Å². The maximum atomic E-state index is 13.0. The third-order valence-electron chi connectivity index (χ3n) is 6.99. The highest BCUT2D eigenvalue weighted by Gasteiger charge is 2.46. The molecule has 42 heavy (non-hydrogen) atoms. The fourth-order valence-corrected chi connectivity index (χ4v) is 4.78. The van der Waals surface area contributed by atoms with Crippen LogP contribution in [0.1, 0.15) is 30.9 Å². The summed E-state index contributed by atoms with van der Waals surface area (Å²) in [7, 11) is 0. The minimum absolute atomic E-state index is 0.0178. The first-order chi connectivity index (χ1) is 19.7. The standard InChI is InChI=1S/C29H32O13/c1-13-22(34)21-16(30)9-17(15-7-5-4-6-8-15)40-27(21)14(2)26(13)42-28-25(37)24(36)23(35)18(41-28)12-39-20(33)11-29(3,38)10-19(31)32/h4-9,18,23-25,28,34-38H,10-12H2,1-3H3,(H,31,32)/t18-,23-,24+,25-,28+,29-/m1/s1. The lowest BCUT2D eigenvalue weighted by atomic mass is 9.98. The van der Waals surface area contributed by atoms with Crippen LogP contribution in [0.3, 0.4) is 0 Å². The maximum absolute atomic E-state index is 13.0. The Kier molecular flexibility index (Phi) is 8.89. The number of carboxylic acids is 1. The van der Waals surface area contributed by atoms with E-state index in [-0.39, 0.29) is 33.6 Å². The van der Waals surface area contributed by atoms with Crippen molar-refractivity contribution in [3.8, 4) is 22.8 Å². The molecule has 1 fully saturated rings. The molecule has 2 heterocycles. The number of fused-ring (bicyclic) bond motifs is 1. The van der Waals surface area contributed by atoms with Crippen LogP contribution in [-0.2, 0) is 19.1 Å². The highest BCUT2D eigenvalue weighted by molar-refractivity contribution is 5.90. The molecule has 6 atom stereocenters. The highest BCUT2D eigenvalue weighted by Crippen LogP contribution is 2.40. The average molecular weight is 589 g/mol. The van der Waals surface area contributed by atoms with Gasteiger partial charge in [0, 0.05) is 22.8 Å². The van der Waals surface area contributed by atoms with Crippen LogP contribution in [0.2, 0.25) is 0 Å². The SMILES string of the molecule is Cc1c(O[C@@H]2O[C@H](COC(=O)C[C@](C)(O)CC(=O)O)[C@@H](O)[C@H](O)[C@H]2O)c(C)c2oc(-c3ccccc3)cc(=O)c2c1O. The number of carbonyl (C=O) groups is 2. The number of benzene rings is 2. The molecule has 0 unspecified atom stereocenters. The van der Waals surface area contributed by atoms with Crippen LogP contribution in [0.4, 0.5) is 0 Å². The summed E-state index contributed by atoms with van der Waals surface area (Å²) in [4.78, 5) is 36.0. The number of carbonyl (C=O) groups excluding carboxylic acids is 1. The summed E-state index contributed by atoms with van der Waals surface area (Å²) in [6.07, 6.45) is -9.73. The largest absolute Gasteiger partial charge is 0.507 e. The summed E-state index contributed by atoms with van der Waals surface area (Å²) >= 11 is 0. The molecule has 226 valence electrons. The second kappa shape index (κ2) is 12.1. The van der Waals surface area contributed by atoms with Crippen molar-refractivity contribution in [2.75, 3.05) is 6.61 Å². The van der Waals surface area contributed by atoms with Crippen molar-refractivity contribution in [1.82, 2.24) is 0 Å². The van der Waals surface area contributed by atoms with Gasteiger partial charge < -0.3 is 49.3 Å². The molecule has 2 aromatic carbocycles. The minimum atomic E-state index is -1.89. The van der Waals surface area contributed by atoms with Gasteiger partial charge in [0.2, 0.25) is 6.29 Å². The first-order valence-corrected chi connectivity index (χ1v) is 13.0. The second-order valence-corrected chi connectivity index (χ2v) is 10.5. The number of aryl methyl sites for hydroxylation is 1. The fourth-order valence-electron chi connectivity index (χ4n) is 4.78. The van der Waals surface area contributed by atoms with E-state index >= 15 is 0 Å². The number of aliphatic hydroxyl groups excluding tert-OH is 3. The molecule has 3 aromatic rings. The summed E-state index contributed by atoms with van der Waals surface area (Å²) < 4.78 is 22.5. The molecule has 0 saturated carbocycles. The quantitative estimate of drug-likeness (QED) is 0.194. The molecule has 13 heteroatoms. The number of phenolic OH excluding ortho intramolecular Hbond substituents is 1. The van der Waals surface area contributed by atoms with Gasteiger partial charge in [-0.1, -0.05) is 30.3 Å². The molecule has 1 aliphatic rings. The van der Waals surface area contributed by atoms with Gasteiger partial charge in [-0.15, -0.1) is 0 Å². The molecule has 0 bridgehead atoms. The van der Waals surface area contributed by atoms with E-state index in [9.17, 15) is 39.9 Å². The number of hydrogen-bond acceptors (Lipinski definition) is 12. The van der Waals surface area contributed by atoms with Gasteiger partial charge in [-0.25, -0.2) is 0 Å². The molecule has 1 aromatic heterocycles. The van der Waals surface area contributed by atoms with Crippen molar-refractivity contribution >= 4 is 22.9 Å². The first kappa shape index (κ1) is 30.9. The Morgan fingerprint density at radius 3 is 2.31 bits per heavy atom. The molecular formula is C29H32O13. The number of aliphatic carboxylic acids is 1. The lowest BCUT2D eigenvalue weighted by molar-refractivity contribution is -0.278. The van der Waals surface area contributed by atoms with Crippen molar-refractivity contribution in [3.05, 3.63) is 57.7 Å². The van der Waals surface area contributed by atoms with Crippen LogP contribution in [0.25, 0.3) is 22.3 Å². The molecule has 6 N–H and O–H groups in total. The fraction of sp³-hybridized carbons (Fsp3) is 0.414. The number of hydrogen-bond donors (Lipinski definition) is 6. The van der Waals surface area contributed by atoms with Crippen molar-refractivity contribution in [1.29, 1.82) is 0 Å². The molecule has 0 spiro atoms. The predicted octanol–water partition coefficient (Wildman–Crippen LogP) is 1.13. The van der Waals surface area contributed by atoms with Crippen LogP contribution < -0.4 is 10.2 Å². The van der Waals surface area contributed by atoms with Crippen LogP contribution in [0, 0.1) is 13.8 Å². The zero-order chi connectivity index (χ0) is 30.9. The molecular weight excluding hydrogens is 556 g/mol. The summed E-state index contributed by atoms with van der Waals surface area (Å²) in [5.41, 5.74) is -1.37. The molecule has 0 radical (unpaired) electrons. The molecule has 0 amide bonds. The summed E-state index contributed by atoms with van der Waals surface area (Å²) in [6, 6.07) is 10.1. The Morgan fingerprint density at radius 2 is 1.67 bits per heavy atom. The van der Waals surface area contributed by atoms with Crippen molar-refractivity contribution in [2.45, 2.75) is 69.9 Å². The van der Waals surface area contributed by atoms with Gasteiger partial charge in [-0.3, -0.25) is 14.4 Å². The predicted molar refractivity (Wildman–Crippen MR) is 145 cm³/mol. The van der Waals surface area contributed by atoms with Crippen LogP contribution in [-0.4, -0.2) is 85.5 Å². The molecule has 1 aliphatic heterocycles. The number of aromatic hydroxyl groups is 1. The first-order valence-electron chi connectivity index (χ1n) is 13.0. The Bertz CT molecular complexity index is 1530. The molecule has 4 rings (SSSR count). The van der Waals surface area contributed by atoms with Crippen molar-refractivity contribution < 1.29 is 58.9 Å². The summed E-state index contributed by atoms with van der Waals surface area (Å²) in [6.45, 7) is 3.53. The van der Waals surface area contributed by atoms with Crippen molar-refractivity contribution in [3.63, 3.8) is 0 Å². The van der Waals surface area contributed by atoms with E-state index in [1.807, 2.05) is 0 Å². The van der Waals surface area contributed by atoms with Gasteiger partial charge in [0.05, 0.1) is 18.4 Å². The second-order valence-electron chi connectivity index (χ2n) is 10.5. The van der Waals surface area contributed by atoms with Gasteiger partial charge >= 0.3 is 11.9 Å². The third kappa shape index (κ3) is 6.40. The van der Waals surface area contributed by atoms with Gasteiger partial charge in [0.1, 0.15) is 59.3 Å². The number of ether oxygens (including phenoxy) is 3. The molecule has 0 aliphatic carbocycles. The average Bonchev–Trinajstić information content (AvgIpc) is 2.92. The van der Waals surface area contributed by atoms with E-state index in [0.717, 1.165) is 6.92 Å². The highest BCUT2D eigenvalue weighted by atomic mass is 16.7. The maximum Gasteiger partial charge on any atom is 0.308 e. The molecule has 1 saturated heterocycles. The minimum Gasteiger partial charge on any atom is -0.507 e. The van der Waals surface area contributed by atoms with Crippen molar-refractivity contribution in [2.24, 2.45) is 0 Å². The lowest BCUT2D eigenvalue weighted by Crippen LogP contribution is -2.60. The Labute approximate surface area is 239 Å². The van der Waals surface area contributed by atoms with E-state index in [1.54, 1.807) is 37.3 Å². The zero-order valence-corrected chi connectivity index (χ0v) is 23.0. The number of aliphatic hydroxyl groups is 4. The van der Waals surface area contributed by atoms with Crippen LogP contribution in [0.15, 0.2) is 45.6 Å². The van der Waals surface area contributed by atoms with Gasteiger partial charge in [0.15, 0.2) is 5.43 Å². The third-order valence-corrected chi connectivity index (χ3v) is 6.99. The van der Waals surface area contributed by atoms with E-state index in [4.69, 9.17) is 23.7 Å². The topological polar surface area (TPSA) is 213 Å². The van der Waals surface area contributed by atoms with Gasteiger partial charge in [-0.05, 0) is 20.8 Å². The zero-order valence-electron chi connectivity index (χ0n) is 23.0. The van der Waals surface area contributed by atoms with E-state index < -0.39 is 78.9 Å². The van der Waals surface area contributed by atoms with E-state index in [0.29, 0.717) is 5.56 Å². The van der Waals surface area contributed by atoms with E-state index in [2.05, 4.69) is 0 Å². The number of phenols is 1. The number of esters is 1. The number of rotatable bonds is 9. The summed E-state index contributed by atoms with van der Waals surface area (Å²) in [5.74, 6) is -2.53.